The zero-order valence-electron chi connectivity index (χ0n) is 15.5. The smallest absolute Gasteiger partial charge is 0.332 e. The second kappa shape index (κ2) is 18.6. The molecule has 0 aromatic carbocycles. The minimum Gasteiger partial charge on any atom is -0.340 e. The van der Waals surface area contributed by atoms with Crippen LogP contribution in [0.5, 0.6) is 0 Å². The van der Waals surface area contributed by atoms with Crippen molar-refractivity contribution in [3.63, 3.8) is 0 Å². The van der Waals surface area contributed by atoms with Crippen molar-refractivity contribution in [2.45, 2.75) is 110 Å². The lowest BCUT2D eigenvalue weighted by Crippen LogP contribution is -2.21. The number of unbranched alkanes of at least 4 members (excludes halogenated alkanes) is 14. The molecule has 0 unspecified atom stereocenters. The van der Waals surface area contributed by atoms with E-state index >= 15 is 0 Å². The molecule has 0 aliphatic rings. The molecule has 0 bridgehead atoms. The summed E-state index contributed by atoms with van der Waals surface area (Å²) in [5, 5.41) is -0.653. The fourth-order valence-electron chi connectivity index (χ4n) is 2.79. The standard InChI is InChI=1S/C19H37NO3S/c1-2-3-4-5-6-7-8-9-10-11-12-13-14-15-16-17-18(21)23-20-19(22)24/h2-17H2,1H3,(H2,20,22,24). The second-order valence-corrected chi connectivity index (χ2v) is 6.99. The van der Waals surface area contributed by atoms with E-state index in [2.05, 4.69) is 24.4 Å². The SMILES string of the molecule is CCCCCCCCCCCCCCCCCC(=O)ONC(=O)S. The van der Waals surface area contributed by atoms with Gasteiger partial charge in [0, 0.05) is 6.42 Å². The summed E-state index contributed by atoms with van der Waals surface area (Å²) in [6.07, 6.45) is 19.8. The molecule has 142 valence electrons. The lowest BCUT2D eigenvalue weighted by molar-refractivity contribution is -0.148. The Kier molecular flexibility index (Phi) is 18.1. The van der Waals surface area contributed by atoms with Crippen molar-refractivity contribution in [2.75, 3.05) is 0 Å². The van der Waals surface area contributed by atoms with Gasteiger partial charge in [-0.3, -0.25) is 4.79 Å². The molecule has 24 heavy (non-hydrogen) atoms. The monoisotopic (exact) mass is 359 g/mol. The van der Waals surface area contributed by atoms with E-state index in [1.165, 1.54) is 83.5 Å². The molecule has 4 nitrogen and oxygen atoms in total. The van der Waals surface area contributed by atoms with Crippen molar-refractivity contribution in [2.24, 2.45) is 0 Å². The number of nitrogens with one attached hydrogen (secondary N) is 1. The van der Waals surface area contributed by atoms with E-state index < -0.39 is 11.2 Å². The average Bonchev–Trinajstić information content (AvgIpc) is 2.56. The van der Waals surface area contributed by atoms with Gasteiger partial charge in [0.05, 0.1) is 0 Å². The van der Waals surface area contributed by atoms with Gasteiger partial charge in [0.1, 0.15) is 0 Å². The molecule has 0 aliphatic heterocycles. The molecule has 0 aliphatic carbocycles. The van der Waals surface area contributed by atoms with E-state index in [4.69, 9.17) is 0 Å². The topological polar surface area (TPSA) is 55.4 Å². The van der Waals surface area contributed by atoms with Gasteiger partial charge in [-0.05, 0) is 6.42 Å². The van der Waals surface area contributed by atoms with Crippen molar-refractivity contribution in [3.05, 3.63) is 0 Å². The molecule has 0 spiro atoms. The predicted molar refractivity (Wildman–Crippen MR) is 103 cm³/mol. The first-order valence-electron chi connectivity index (χ1n) is 9.85. The Bertz CT molecular complexity index is 311. The van der Waals surface area contributed by atoms with Crippen molar-refractivity contribution in [3.8, 4) is 0 Å². The van der Waals surface area contributed by atoms with Crippen LogP contribution in [0.4, 0.5) is 4.79 Å². The van der Waals surface area contributed by atoms with Crippen LogP contribution in [0.2, 0.25) is 0 Å². The molecular formula is C19H37NO3S. The van der Waals surface area contributed by atoms with Gasteiger partial charge in [-0.1, -0.05) is 109 Å². The summed E-state index contributed by atoms with van der Waals surface area (Å²) < 4.78 is 0. The Hall–Kier alpha value is -0.710. The second-order valence-electron chi connectivity index (χ2n) is 6.58. The number of hydroxylamine groups is 1. The van der Waals surface area contributed by atoms with Gasteiger partial charge in [-0.2, -0.15) is 5.48 Å². The Morgan fingerprint density at radius 2 is 1.08 bits per heavy atom. The van der Waals surface area contributed by atoms with Crippen LogP contribution in [-0.2, 0) is 9.63 Å². The third kappa shape index (κ3) is 19.3. The van der Waals surface area contributed by atoms with E-state index in [-0.39, 0.29) is 0 Å². The molecule has 0 radical (unpaired) electrons. The maximum Gasteiger partial charge on any atom is 0.332 e. The average molecular weight is 360 g/mol. The highest BCUT2D eigenvalue weighted by atomic mass is 32.1. The highest BCUT2D eigenvalue weighted by Crippen LogP contribution is 2.13. The Balaban J connectivity index is 3.10. The maximum absolute atomic E-state index is 11.2. The van der Waals surface area contributed by atoms with Crippen LogP contribution in [0.3, 0.4) is 0 Å². The highest BCUT2D eigenvalue weighted by molar-refractivity contribution is 7.96. The van der Waals surface area contributed by atoms with E-state index in [9.17, 15) is 9.59 Å². The summed E-state index contributed by atoms with van der Waals surface area (Å²) in [7, 11) is 0. The normalized spacial score (nSPS) is 10.6. The fourth-order valence-corrected chi connectivity index (χ4v) is 2.84. The minimum absolute atomic E-state index is 0.353. The predicted octanol–water partition coefficient (Wildman–Crippen LogP) is 6.35. The lowest BCUT2D eigenvalue weighted by Gasteiger charge is -2.04. The number of hydrogen-bond donors (Lipinski definition) is 2. The summed E-state index contributed by atoms with van der Waals surface area (Å²) in [5.41, 5.74) is 1.92. The summed E-state index contributed by atoms with van der Waals surface area (Å²) >= 11 is 3.45. The number of carbonyl (C=O) groups excluding carboxylic acids is 2. The Labute approximate surface area is 153 Å². The third-order valence-corrected chi connectivity index (χ3v) is 4.33. The van der Waals surface area contributed by atoms with Crippen LogP contribution < -0.4 is 5.48 Å². The minimum atomic E-state index is -0.653. The quantitative estimate of drug-likeness (QED) is 0.192. The van der Waals surface area contributed by atoms with Crippen molar-refractivity contribution < 1.29 is 14.4 Å². The Morgan fingerprint density at radius 3 is 1.46 bits per heavy atom. The number of rotatable bonds is 16. The highest BCUT2D eigenvalue weighted by Gasteiger charge is 2.03. The van der Waals surface area contributed by atoms with Crippen molar-refractivity contribution in [1.82, 2.24) is 5.48 Å². The van der Waals surface area contributed by atoms with Crippen LogP contribution in [0.25, 0.3) is 0 Å². The number of carbonyl (C=O) groups is 2. The first-order chi connectivity index (χ1) is 11.7. The maximum atomic E-state index is 11.2. The number of thiol groups is 1. The van der Waals surface area contributed by atoms with Crippen molar-refractivity contribution >= 4 is 23.8 Å². The van der Waals surface area contributed by atoms with Gasteiger partial charge >= 0.3 is 11.2 Å². The third-order valence-electron chi connectivity index (χ3n) is 4.24. The van der Waals surface area contributed by atoms with Crippen LogP contribution in [-0.4, -0.2) is 11.2 Å². The molecule has 0 saturated heterocycles. The van der Waals surface area contributed by atoms with Crippen molar-refractivity contribution in [1.29, 1.82) is 0 Å². The van der Waals surface area contributed by atoms with Crippen LogP contribution >= 0.6 is 12.6 Å². The molecule has 0 aromatic heterocycles. The van der Waals surface area contributed by atoms with Gasteiger partial charge in [-0.25, -0.2) is 4.79 Å². The van der Waals surface area contributed by atoms with E-state index in [1.807, 2.05) is 5.48 Å². The fraction of sp³-hybridized carbons (Fsp3) is 0.895. The van der Waals surface area contributed by atoms with Crippen LogP contribution in [0, 0.1) is 0 Å². The largest absolute Gasteiger partial charge is 0.340 e. The van der Waals surface area contributed by atoms with E-state index in [1.54, 1.807) is 0 Å². The lowest BCUT2D eigenvalue weighted by atomic mass is 10.0. The molecule has 0 heterocycles. The zero-order chi connectivity index (χ0) is 17.9. The molecule has 0 aromatic rings. The summed E-state index contributed by atoms with van der Waals surface area (Å²) in [6, 6.07) is 0. The number of hydrogen-bond acceptors (Lipinski definition) is 3. The molecule has 0 rings (SSSR count). The molecule has 0 fully saturated rings. The summed E-state index contributed by atoms with van der Waals surface area (Å²) in [6.45, 7) is 2.26. The van der Waals surface area contributed by atoms with Gasteiger partial charge < -0.3 is 4.84 Å². The molecule has 0 atom stereocenters. The first-order valence-corrected chi connectivity index (χ1v) is 10.3. The molecule has 1 amide bonds. The first kappa shape index (κ1) is 23.3. The zero-order valence-corrected chi connectivity index (χ0v) is 16.4. The molecular weight excluding hydrogens is 322 g/mol. The van der Waals surface area contributed by atoms with E-state index in [0.717, 1.165) is 12.8 Å². The van der Waals surface area contributed by atoms with Gasteiger partial charge in [-0.15, -0.1) is 0 Å². The molecule has 0 saturated carbocycles. The van der Waals surface area contributed by atoms with Crippen LogP contribution in [0.1, 0.15) is 110 Å². The van der Waals surface area contributed by atoms with E-state index in [0.29, 0.717) is 6.42 Å². The Morgan fingerprint density at radius 1 is 0.708 bits per heavy atom. The molecule has 1 N–H and O–H groups in total. The van der Waals surface area contributed by atoms with Gasteiger partial charge in [0.15, 0.2) is 0 Å². The summed E-state index contributed by atoms with van der Waals surface area (Å²) in [5.74, 6) is -0.396. The summed E-state index contributed by atoms with van der Waals surface area (Å²) in [4.78, 5) is 26.2. The van der Waals surface area contributed by atoms with Gasteiger partial charge in [0.2, 0.25) is 0 Å². The van der Waals surface area contributed by atoms with Crippen LogP contribution in [0.15, 0.2) is 0 Å². The molecule has 5 heteroatoms. The number of amides is 1. The van der Waals surface area contributed by atoms with Gasteiger partial charge in [0.25, 0.3) is 0 Å².